The Morgan fingerprint density at radius 2 is 1.15 bits per heavy atom. The van der Waals surface area contributed by atoms with Crippen molar-refractivity contribution in [3.8, 4) is 0 Å². The fraction of sp³-hybridized carbons (Fsp3) is 0.143. The van der Waals surface area contributed by atoms with Crippen LogP contribution in [0.5, 0.6) is 0 Å². The van der Waals surface area contributed by atoms with Crippen LogP contribution in [0.1, 0.15) is 0 Å². The standard InChI is InChI=1S/C14H12N4Se2/c1-3-7-13-11(5-1)15-19-17(13)9-10-18-14-8-4-2-6-12(14)16-20-18/h1-8H,9-10H2/q+2. The first-order valence-corrected chi connectivity index (χ1v) is 9.48. The third kappa shape index (κ3) is 2.15. The molecule has 0 aliphatic heterocycles. The van der Waals surface area contributed by atoms with E-state index in [0.29, 0.717) is 0 Å². The Hall–Kier alpha value is -1.32. The molecule has 98 valence electrons. The summed E-state index contributed by atoms with van der Waals surface area (Å²) in [5.74, 6) is 0. The zero-order chi connectivity index (χ0) is 13.4. The van der Waals surface area contributed by atoms with Crippen molar-refractivity contribution >= 4 is 52.0 Å². The molecule has 0 aliphatic carbocycles. The van der Waals surface area contributed by atoms with Crippen molar-refractivity contribution in [2.75, 3.05) is 0 Å². The van der Waals surface area contributed by atoms with Crippen LogP contribution in [0, 0.1) is 0 Å². The summed E-state index contributed by atoms with van der Waals surface area (Å²) in [7, 11) is 0. The van der Waals surface area contributed by atoms with E-state index in [9.17, 15) is 0 Å². The van der Waals surface area contributed by atoms with Crippen molar-refractivity contribution in [3.63, 3.8) is 0 Å². The average molecular weight is 394 g/mol. The van der Waals surface area contributed by atoms with E-state index in [2.05, 4.69) is 63.6 Å². The molecule has 6 heteroatoms. The first-order chi connectivity index (χ1) is 9.92. The third-order valence-corrected chi connectivity index (χ3v) is 6.87. The van der Waals surface area contributed by atoms with Gasteiger partial charge in [0.15, 0.2) is 0 Å². The fourth-order valence-corrected chi connectivity index (χ4v) is 5.42. The molecule has 2 heterocycles. The van der Waals surface area contributed by atoms with Crippen LogP contribution in [-0.4, -0.2) is 37.9 Å². The Kier molecular flexibility index (Phi) is 3.25. The minimum absolute atomic E-state index is 0.201. The number of fused-ring (bicyclic) bond motifs is 2. The molecule has 0 amide bonds. The van der Waals surface area contributed by atoms with Crippen LogP contribution in [0.15, 0.2) is 48.5 Å². The van der Waals surface area contributed by atoms with E-state index < -0.39 is 0 Å². The molecule has 0 aliphatic rings. The van der Waals surface area contributed by atoms with Crippen LogP contribution in [0.3, 0.4) is 0 Å². The fourth-order valence-electron chi connectivity index (χ4n) is 2.28. The number of benzene rings is 2. The Morgan fingerprint density at radius 3 is 1.65 bits per heavy atom. The van der Waals surface area contributed by atoms with Crippen molar-refractivity contribution in [1.29, 1.82) is 0 Å². The molecule has 4 nitrogen and oxygen atoms in total. The van der Waals surface area contributed by atoms with Gasteiger partial charge in [0, 0.05) is 0 Å². The molecule has 0 N–H and O–H groups in total. The average Bonchev–Trinajstić information content (AvgIpc) is 3.09. The number of para-hydroxylation sites is 2. The molecule has 0 spiro atoms. The van der Waals surface area contributed by atoms with Crippen LogP contribution in [0.25, 0.3) is 22.1 Å². The van der Waals surface area contributed by atoms with Gasteiger partial charge in [-0.1, -0.05) is 0 Å². The molecule has 0 bridgehead atoms. The van der Waals surface area contributed by atoms with E-state index in [0.717, 1.165) is 24.1 Å². The molecule has 2 aromatic heterocycles. The summed E-state index contributed by atoms with van der Waals surface area (Å²) < 4.78 is 14.0. The number of aryl methyl sites for hydroxylation is 2. The molecule has 0 saturated carbocycles. The quantitative estimate of drug-likeness (QED) is 0.465. The van der Waals surface area contributed by atoms with Gasteiger partial charge >= 0.3 is 129 Å². The normalized spacial score (nSPS) is 11.4. The zero-order valence-corrected chi connectivity index (χ0v) is 14.1. The van der Waals surface area contributed by atoms with Crippen LogP contribution in [0.4, 0.5) is 0 Å². The summed E-state index contributed by atoms with van der Waals surface area (Å²) in [5, 5.41) is 0. The van der Waals surface area contributed by atoms with Crippen LogP contribution < -0.4 is 7.12 Å². The molecular weight excluding hydrogens is 382 g/mol. The van der Waals surface area contributed by atoms with Gasteiger partial charge in [-0.05, 0) is 0 Å². The Morgan fingerprint density at radius 1 is 0.700 bits per heavy atom. The van der Waals surface area contributed by atoms with Gasteiger partial charge in [-0.3, -0.25) is 0 Å². The number of hydrogen-bond acceptors (Lipinski definition) is 2. The second kappa shape index (κ2) is 5.23. The molecule has 0 radical (unpaired) electrons. The van der Waals surface area contributed by atoms with Crippen molar-refractivity contribution in [2.24, 2.45) is 0 Å². The third-order valence-electron chi connectivity index (χ3n) is 3.28. The molecule has 0 unspecified atom stereocenters. The van der Waals surface area contributed by atoms with E-state index in [1.54, 1.807) is 0 Å². The number of hydrogen-bond donors (Lipinski definition) is 0. The van der Waals surface area contributed by atoms with Crippen LogP contribution in [-0.2, 0) is 13.1 Å². The van der Waals surface area contributed by atoms with E-state index in [4.69, 9.17) is 0 Å². The van der Waals surface area contributed by atoms with Crippen molar-refractivity contribution in [3.05, 3.63) is 48.5 Å². The number of rotatable bonds is 3. The molecule has 2 aromatic carbocycles. The maximum atomic E-state index is 4.62. The van der Waals surface area contributed by atoms with Gasteiger partial charge in [0.25, 0.3) is 0 Å². The second-order valence-electron chi connectivity index (χ2n) is 4.53. The first kappa shape index (κ1) is 12.4. The maximum absolute atomic E-state index is 4.62. The molecule has 20 heavy (non-hydrogen) atoms. The molecular formula is C14H12N4Se2+2. The minimum atomic E-state index is 0.201. The van der Waals surface area contributed by atoms with Crippen molar-refractivity contribution in [1.82, 2.24) is 7.96 Å². The molecule has 0 saturated heterocycles. The second-order valence-corrected chi connectivity index (χ2v) is 7.83. The van der Waals surface area contributed by atoms with Gasteiger partial charge in [-0.15, -0.1) is 0 Å². The van der Waals surface area contributed by atoms with Gasteiger partial charge in [0.05, 0.1) is 0 Å². The van der Waals surface area contributed by atoms with Crippen molar-refractivity contribution < 1.29 is 7.12 Å². The predicted molar refractivity (Wildman–Crippen MR) is 77.8 cm³/mol. The van der Waals surface area contributed by atoms with E-state index in [1.807, 2.05) is 0 Å². The van der Waals surface area contributed by atoms with Crippen LogP contribution in [0.2, 0.25) is 0 Å². The van der Waals surface area contributed by atoms with E-state index >= 15 is 0 Å². The van der Waals surface area contributed by atoms with E-state index in [1.165, 1.54) is 11.0 Å². The topological polar surface area (TPSA) is 33.5 Å². The van der Waals surface area contributed by atoms with Gasteiger partial charge in [-0.25, -0.2) is 0 Å². The zero-order valence-electron chi connectivity index (χ0n) is 10.6. The number of nitrogens with zero attached hydrogens (tertiary/aromatic N) is 4. The predicted octanol–water partition coefficient (Wildman–Crippen LogP) is 0.172. The summed E-state index contributed by atoms with van der Waals surface area (Å²) in [6.45, 7) is 2.04. The first-order valence-electron chi connectivity index (χ1n) is 6.41. The van der Waals surface area contributed by atoms with Crippen molar-refractivity contribution in [2.45, 2.75) is 13.1 Å². The summed E-state index contributed by atoms with van der Waals surface area (Å²) in [6, 6.07) is 16.8. The summed E-state index contributed by atoms with van der Waals surface area (Å²) in [5.41, 5.74) is 4.85. The summed E-state index contributed by atoms with van der Waals surface area (Å²) in [4.78, 5) is 0. The molecule has 0 fully saturated rings. The summed E-state index contributed by atoms with van der Waals surface area (Å²) >= 11 is 0.403. The molecule has 0 atom stereocenters. The van der Waals surface area contributed by atoms with Crippen LogP contribution >= 0.6 is 0 Å². The van der Waals surface area contributed by atoms with Gasteiger partial charge in [0.1, 0.15) is 0 Å². The number of aromatic nitrogens is 4. The SMILES string of the molecule is c1ccc2c(c1)n[se][n+]2CC[n+]1[se]nc2ccccc21. The summed E-state index contributed by atoms with van der Waals surface area (Å²) in [6.07, 6.45) is 0. The Bertz CT molecular complexity index is 807. The monoisotopic (exact) mass is 396 g/mol. The van der Waals surface area contributed by atoms with Gasteiger partial charge in [0.2, 0.25) is 0 Å². The Labute approximate surface area is 128 Å². The molecule has 4 rings (SSSR count). The van der Waals surface area contributed by atoms with Gasteiger partial charge < -0.3 is 0 Å². The van der Waals surface area contributed by atoms with E-state index in [-0.39, 0.29) is 29.9 Å². The molecule has 4 aromatic rings. The van der Waals surface area contributed by atoms with Gasteiger partial charge in [-0.2, -0.15) is 0 Å². The Balaban J connectivity index is 1.64.